The first-order valence-corrected chi connectivity index (χ1v) is 6.39. The number of carbonyl (C=O) groups is 2. The lowest BCUT2D eigenvalue weighted by molar-refractivity contribution is -0.122. The van der Waals surface area contributed by atoms with Crippen LogP contribution in [0.4, 0.5) is 5.69 Å². The number of hydrogen-bond acceptors (Lipinski definition) is 3. The van der Waals surface area contributed by atoms with Crippen molar-refractivity contribution in [1.29, 1.82) is 0 Å². The summed E-state index contributed by atoms with van der Waals surface area (Å²) in [6.45, 7) is 1.72. The van der Waals surface area contributed by atoms with Gasteiger partial charge in [0.2, 0.25) is 5.91 Å². The molecule has 2 heterocycles. The molecular weight excluding hydrogens is 228 g/mol. The van der Waals surface area contributed by atoms with Crippen LogP contribution in [0.1, 0.15) is 23.2 Å². The van der Waals surface area contributed by atoms with Crippen LogP contribution in [0.25, 0.3) is 0 Å². The number of nitrogens with zero attached hydrogens (tertiary/aromatic N) is 1. The van der Waals surface area contributed by atoms with Gasteiger partial charge in [-0.15, -0.1) is 0 Å². The van der Waals surface area contributed by atoms with Crippen LogP contribution in [0, 0.1) is 5.92 Å². The molecule has 2 aliphatic heterocycles. The molecule has 0 saturated carbocycles. The molecule has 2 aliphatic rings. The Hall–Kier alpha value is -1.84. The maximum atomic E-state index is 11.7. The molecule has 18 heavy (non-hydrogen) atoms. The van der Waals surface area contributed by atoms with Gasteiger partial charge >= 0.3 is 0 Å². The minimum atomic E-state index is 0.129. The van der Waals surface area contributed by atoms with Gasteiger partial charge in [-0.1, -0.05) is 0 Å². The van der Waals surface area contributed by atoms with Crippen molar-refractivity contribution in [3.8, 4) is 0 Å². The van der Waals surface area contributed by atoms with E-state index in [0.717, 1.165) is 37.9 Å². The Balaban J connectivity index is 1.86. The van der Waals surface area contributed by atoms with Crippen LogP contribution < -0.4 is 10.2 Å². The van der Waals surface area contributed by atoms with Crippen molar-refractivity contribution >= 4 is 17.9 Å². The third kappa shape index (κ3) is 1.78. The summed E-state index contributed by atoms with van der Waals surface area (Å²) in [6, 6.07) is 7.86. The third-order valence-corrected chi connectivity index (χ3v) is 3.96. The molecule has 0 spiro atoms. The highest BCUT2D eigenvalue weighted by Gasteiger charge is 2.40. The summed E-state index contributed by atoms with van der Waals surface area (Å²) < 4.78 is 0. The Morgan fingerprint density at radius 2 is 2.06 bits per heavy atom. The van der Waals surface area contributed by atoms with Gasteiger partial charge < -0.3 is 10.2 Å². The van der Waals surface area contributed by atoms with E-state index in [0.29, 0.717) is 5.56 Å². The van der Waals surface area contributed by atoms with Crippen molar-refractivity contribution in [1.82, 2.24) is 5.32 Å². The lowest BCUT2D eigenvalue weighted by Crippen LogP contribution is -2.45. The number of aldehydes is 1. The molecule has 1 amide bonds. The minimum Gasteiger partial charge on any atom is -0.366 e. The van der Waals surface area contributed by atoms with Crippen LogP contribution in [-0.4, -0.2) is 31.3 Å². The monoisotopic (exact) mass is 244 g/mol. The zero-order chi connectivity index (χ0) is 12.5. The Kier molecular flexibility index (Phi) is 2.78. The third-order valence-electron chi connectivity index (χ3n) is 3.96. The predicted molar refractivity (Wildman–Crippen MR) is 68.7 cm³/mol. The van der Waals surface area contributed by atoms with Gasteiger partial charge in [-0.3, -0.25) is 9.59 Å². The van der Waals surface area contributed by atoms with Gasteiger partial charge in [-0.2, -0.15) is 0 Å². The lowest BCUT2D eigenvalue weighted by atomic mass is 9.91. The zero-order valence-corrected chi connectivity index (χ0v) is 10.1. The molecule has 0 aliphatic carbocycles. The van der Waals surface area contributed by atoms with E-state index in [1.807, 2.05) is 24.3 Å². The first-order chi connectivity index (χ1) is 8.79. The van der Waals surface area contributed by atoms with Crippen LogP contribution in [0.5, 0.6) is 0 Å². The van der Waals surface area contributed by atoms with Gasteiger partial charge in [0.25, 0.3) is 0 Å². The molecule has 2 atom stereocenters. The number of anilines is 1. The second kappa shape index (κ2) is 4.44. The first kappa shape index (κ1) is 11.3. The van der Waals surface area contributed by atoms with Crippen LogP contribution in [-0.2, 0) is 4.79 Å². The molecule has 4 nitrogen and oxygen atoms in total. The number of fused-ring (bicyclic) bond motifs is 1. The Morgan fingerprint density at radius 1 is 1.28 bits per heavy atom. The fraction of sp³-hybridized carbons (Fsp3) is 0.429. The van der Waals surface area contributed by atoms with Gasteiger partial charge in [0.05, 0.1) is 12.0 Å². The number of amides is 1. The van der Waals surface area contributed by atoms with Crippen LogP contribution in [0.3, 0.4) is 0 Å². The van der Waals surface area contributed by atoms with Crippen molar-refractivity contribution in [2.24, 2.45) is 5.92 Å². The highest BCUT2D eigenvalue weighted by molar-refractivity contribution is 5.83. The Labute approximate surface area is 106 Å². The fourth-order valence-corrected chi connectivity index (χ4v) is 3.02. The quantitative estimate of drug-likeness (QED) is 0.796. The number of hydrogen-bond donors (Lipinski definition) is 1. The summed E-state index contributed by atoms with van der Waals surface area (Å²) in [6.07, 6.45) is 2.88. The largest absolute Gasteiger partial charge is 0.366 e. The number of rotatable bonds is 2. The van der Waals surface area contributed by atoms with E-state index in [1.165, 1.54) is 0 Å². The van der Waals surface area contributed by atoms with Crippen LogP contribution in [0.15, 0.2) is 24.3 Å². The van der Waals surface area contributed by atoms with E-state index < -0.39 is 0 Å². The van der Waals surface area contributed by atoms with Gasteiger partial charge in [0, 0.05) is 24.3 Å². The van der Waals surface area contributed by atoms with Gasteiger partial charge in [-0.25, -0.2) is 0 Å². The van der Waals surface area contributed by atoms with Crippen LogP contribution >= 0.6 is 0 Å². The molecule has 3 rings (SSSR count). The van der Waals surface area contributed by atoms with E-state index in [-0.39, 0.29) is 17.9 Å². The molecule has 1 aromatic rings. The highest BCUT2D eigenvalue weighted by atomic mass is 16.2. The number of piperidine rings is 1. The smallest absolute Gasteiger partial charge is 0.225 e. The summed E-state index contributed by atoms with van der Waals surface area (Å²) in [5.41, 5.74) is 1.79. The minimum absolute atomic E-state index is 0.129. The van der Waals surface area contributed by atoms with E-state index in [1.54, 1.807) is 0 Å². The molecule has 0 aromatic heterocycles. The molecule has 0 radical (unpaired) electrons. The standard InChI is InChI=1S/C14H16N2O2/c17-9-10-3-5-11(6-4-10)16-7-1-2-12-13(16)8-15-14(12)18/h3-6,9,12-13H,1-2,7-8H2,(H,15,18). The van der Waals surface area contributed by atoms with Crippen molar-refractivity contribution in [2.75, 3.05) is 18.0 Å². The van der Waals surface area contributed by atoms with Crippen molar-refractivity contribution in [3.05, 3.63) is 29.8 Å². The average Bonchev–Trinajstić information content (AvgIpc) is 2.81. The first-order valence-electron chi connectivity index (χ1n) is 6.39. The second-order valence-corrected chi connectivity index (χ2v) is 4.96. The topological polar surface area (TPSA) is 49.4 Å². The highest BCUT2D eigenvalue weighted by Crippen LogP contribution is 2.31. The summed E-state index contributed by atoms with van der Waals surface area (Å²) in [4.78, 5) is 24.6. The molecule has 1 aromatic carbocycles. The molecule has 2 fully saturated rings. The molecule has 4 heteroatoms. The van der Waals surface area contributed by atoms with E-state index >= 15 is 0 Å². The normalized spacial score (nSPS) is 26.7. The van der Waals surface area contributed by atoms with Crippen molar-refractivity contribution < 1.29 is 9.59 Å². The van der Waals surface area contributed by atoms with Crippen molar-refractivity contribution in [2.45, 2.75) is 18.9 Å². The molecule has 0 bridgehead atoms. The molecule has 1 N–H and O–H groups in total. The summed E-state index contributed by atoms with van der Waals surface area (Å²) in [5.74, 6) is 0.318. The maximum absolute atomic E-state index is 11.7. The maximum Gasteiger partial charge on any atom is 0.225 e. The number of benzene rings is 1. The van der Waals surface area contributed by atoms with E-state index in [2.05, 4.69) is 10.2 Å². The molecule has 2 unspecified atom stereocenters. The SMILES string of the molecule is O=Cc1ccc(N2CCCC3C(=O)NCC32)cc1. The predicted octanol–water partition coefficient (Wildman–Crippen LogP) is 1.21. The zero-order valence-electron chi connectivity index (χ0n) is 10.1. The van der Waals surface area contributed by atoms with Crippen LogP contribution in [0.2, 0.25) is 0 Å². The summed E-state index contributed by atoms with van der Waals surface area (Å²) in [7, 11) is 0. The Morgan fingerprint density at radius 3 is 2.78 bits per heavy atom. The lowest BCUT2D eigenvalue weighted by Gasteiger charge is -2.37. The van der Waals surface area contributed by atoms with E-state index in [9.17, 15) is 9.59 Å². The fourth-order valence-electron chi connectivity index (χ4n) is 3.02. The number of carbonyl (C=O) groups excluding carboxylic acids is 2. The molecular formula is C14H16N2O2. The van der Waals surface area contributed by atoms with Gasteiger partial charge in [0.15, 0.2) is 0 Å². The summed E-state index contributed by atoms with van der Waals surface area (Å²) >= 11 is 0. The van der Waals surface area contributed by atoms with Crippen molar-refractivity contribution in [3.63, 3.8) is 0 Å². The van der Waals surface area contributed by atoms with Gasteiger partial charge in [-0.05, 0) is 37.1 Å². The average molecular weight is 244 g/mol. The van der Waals surface area contributed by atoms with Gasteiger partial charge in [0.1, 0.15) is 6.29 Å². The number of nitrogens with one attached hydrogen (secondary N) is 1. The molecule has 94 valence electrons. The molecule has 2 saturated heterocycles. The summed E-state index contributed by atoms with van der Waals surface area (Å²) in [5, 5.41) is 2.95. The van der Waals surface area contributed by atoms with E-state index in [4.69, 9.17) is 0 Å². The second-order valence-electron chi connectivity index (χ2n) is 4.96. The Bertz CT molecular complexity index is 469.